The standard InChI is InChI=1S/C12H17BFNO3/c1-11(2)12(3,4)18-13(17-11)10-8(7-16)5-6-9(14)15-10/h5-6,16H,7H2,1-4H3. The molecule has 98 valence electrons. The van der Waals surface area contributed by atoms with Crippen molar-refractivity contribution in [2.45, 2.75) is 45.5 Å². The molecule has 1 aromatic rings. The number of nitrogens with zero attached hydrogens (tertiary/aromatic N) is 1. The molecule has 4 nitrogen and oxygen atoms in total. The predicted octanol–water partition coefficient (Wildman–Crippen LogP) is 1.01. The van der Waals surface area contributed by atoms with E-state index in [2.05, 4.69) is 4.98 Å². The number of hydrogen-bond acceptors (Lipinski definition) is 4. The van der Waals surface area contributed by atoms with E-state index in [1.54, 1.807) is 0 Å². The summed E-state index contributed by atoms with van der Waals surface area (Å²) in [5, 5.41) is 9.26. The summed E-state index contributed by atoms with van der Waals surface area (Å²) in [6.07, 6.45) is 0. The minimum atomic E-state index is -0.757. The predicted molar refractivity (Wildman–Crippen MR) is 65.8 cm³/mol. The van der Waals surface area contributed by atoms with Crippen LogP contribution in [0.15, 0.2) is 12.1 Å². The summed E-state index contributed by atoms with van der Waals surface area (Å²) in [6.45, 7) is 7.40. The van der Waals surface area contributed by atoms with Crippen LogP contribution in [0.2, 0.25) is 0 Å². The van der Waals surface area contributed by atoms with Gasteiger partial charge in [0.05, 0.1) is 23.4 Å². The van der Waals surface area contributed by atoms with Crippen LogP contribution in [-0.2, 0) is 15.9 Å². The molecule has 0 aromatic carbocycles. The van der Waals surface area contributed by atoms with Gasteiger partial charge in [0.25, 0.3) is 0 Å². The topological polar surface area (TPSA) is 51.6 Å². The maximum absolute atomic E-state index is 13.2. The Morgan fingerprint density at radius 3 is 2.28 bits per heavy atom. The second-order valence-corrected chi connectivity index (χ2v) is 5.42. The molecule has 6 heteroatoms. The van der Waals surface area contributed by atoms with Gasteiger partial charge in [-0.15, -0.1) is 0 Å². The summed E-state index contributed by atoms with van der Waals surface area (Å²) >= 11 is 0. The Balaban J connectivity index is 2.37. The molecule has 0 saturated carbocycles. The summed E-state index contributed by atoms with van der Waals surface area (Å²) in [5.74, 6) is -0.614. The molecule has 0 bridgehead atoms. The summed E-state index contributed by atoms with van der Waals surface area (Å²) in [5.41, 5.74) is -0.220. The van der Waals surface area contributed by atoms with Crippen molar-refractivity contribution in [3.63, 3.8) is 0 Å². The fraction of sp³-hybridized carbons (Fsp3) is 0.583. The minimum absolute atomic E-state index is 0.229. The van der Waals surface area contributed by atoms with E-state index >= 15 is 0 Å². The van der Waals surface area contributed by atoms with Crippen molar-refractivity contribution in [2.24, 2.45) is 0 Å². The Labute approximate surface area is 106 Å². The van der Waals surface area contributed by atoms with E-state index in [1.165, 1.54) is 12.1 Å². The second kappa shape index (κ2) is 4.29. The lowest BCUT2D eigenvalue weighted by atomic mass is 9.81. The first kappa shape index (κ1) is 13.5. The number of aromatic nitrogens is 1. The van der Waals surface area contributed by atoms with E-state index < -0.39 is 24.3 Å². The molecule has 1 fully saturated rings. The van der Waals surface area contributed by atoms with Gasteiger partial charge in [0.15, 0.2) is 0 Å². The molecular weight excluding hydrogens is 236 g/mol. The van der Waals surface area contributed by atoms with E-state index in [1.807, 2.05) is 27.7 Å². The van der Waals surface area contributed by atoms with Crippen molar-refractivity contribution in [1.82, 2.24) is 4.98 Å². The van der Waals surface area contributed by atoms with Gasteiger partial charge in [-0.25, -0.2) is 4.98 Å². The molecule has 0 aliphatic carbocycles. The zero-order valence-electron chi connectivity index (χ0n) is 11.0. The fourth-order valence-electron chi connectivity index (χ4n) is 1.77. The van der Waals surface area contributed by atoms with Crippen LogP contribution in [0.5, 0.6) is 0 Å². The molecule has 1 N–H and O–H groups in total. The third-order valence-corrected chi connectivity index (χ3v) is 3.63. The van der Waals surface area contributed by atoms with Crippen LogP contribution >= 0.6 is 0 Å². The second-order valence-electron chi connectivity index (χ2n) is 5.42. The van der Waals surface area contributed by atoms with E-state index in [0.717, 1.165) is 0 Å². The Kier molecular flexibility index (Phi) is 3.21. The highest BCUT2D eigenvalue weighted by atomic mass is 19.1. The molecule has 0 amide bonds. The molecule has 1 aliphatic heterocycles. The zero-order valence-corrected chi connectivity index (χ0v) is 11.0. The van der Waals surface area contributed by atoms with Crippen LogP contribution in [0.3, 0.4) is 0 Å². The number of aliphatic hydroxyl groups is 1. The Morgan fingerprint density at radius 1 is 1.22 bits per heavy atom. The van der Waals surface area contributed by atoms with Crippen LogP contribution in [0, 0.1) is 5.95 Å². The summed E-state index contributed by atoms with van der Waals surface area (Å²) in [7, 11) is -0.757. The molecule has 1 saturated heterocycles. The largest absolute Gasteiger partial charge is 0.515 e. The third kappa shape index (κ3) is 2.16. The Morgan fingerprint density at radius 2 is 1.78 bits per heavy atom. The van der Waals surface area contributed by atoms with Crippen molar-refractivity contribution in [3.05, 3.63) is 23.6 Å². The number of halogens is 1. The molecule has 0 radical (unpaired) electrons. The third-order valence-electron chi connectivity index (χ3n) is 3.63. The fourth-order valence-corrected chi connectivity index (χ4v) is 1.77. The van der Waals surface area contributed by atoms with Crippen molar-refractivity contribution in [2.75, 3.05) is 0 Å². The van der Waals surface area contributed by atoms with Gasteiger partial charge < -0.3 is 14.4 Å². The summed E-state index contributed by atoms with van der Waals surface area (Å²) in [4.78, 5) is 3.78. The van der Waals surface area contributed by atoms with Gasteiger partial charge in [-0.1, -0.05) is 6.07 Å². The molecule has 0 atom stereocenters. The molecule has 0 spiro atoms. The first-order valence-electron chi connectivity index (χ1n) is 5.88. The Bertz CT molecular complexity index is 449. The van der Waals surface area contributed by atoms with Gasteiger partial charge in [0, 0.05) is 0 Å². The van der Waals surface area contributed by atoms with Crippen LogP contribution in [0.4, 0.5) is 4.39 Å². The van der Waals surface area contributed by atoms with E-state index in [9.17, 15) is 9.50 Å². The first-order chi connectivity index (χ1) is 8.27. The molecule has 18 heavy (non-hydrogen) atoms. The number of rotatable bonds is 2. The molecule has 1 aromatic heterocycles. The number of aliphatic hydroxyl groups excluding tert-OH is 1. The van der Waals surface area contributed by atoms with Crippen LogP contribution in [0.25, 0.3) is 0 Å². The normalized spacial score (nSPS) is 21.3. The van der Waals surface area contributed by atoms with Gasteiger partial charge in [-0.05, 0) is 39.3 Å². The lowest BCUT2D eigenvalue weighted by Crippen LogP contribution is -2.41. The molecule has 2 heterocycles. The molecule has 2 rings (SSSR count). The average Bonchev–Trinajstić information content (AvgIpc) is 2.48. The molecule has 0 unspecified atom stereocenters. The number of hydrogen-bond donors (Lipinski definition) is 1. The summed E-state index contributed by atoms with van der Waals surface area (Å²) in [6, 6.07) is 2.70. The van der Waals surface area contributed by atoms with Gasteiger partial charge in [0.1, 0.15) is 0 Å². The number of pyridine rings is 1. The highest BCUT2D eigenvalue weighted by Gasteiger charge is 2.52. The van der Waals surface area contributed by atoms with Crippen LogP contribution < -0.4 is 5.59 Å². The van der Waals surface area contributed by atoms with Crippen LogP contribution in [0.1, 0.15) is 33.3 Å². The first-order valence-corrected chi connectivity index (χ1v) is 5.88. The van der Waals surface area contributed by atoms with Gasteiger partial charge in [-0.3, -0.25) is 0 Å². The average molecular weight is 253 g/mol. The van der Waals surface area contributed by atoms with Crippen molar-refractivity contribution in [3.8, 4) is 0 Å². The van der Waals surface area contributed by atoms with E-state index in [-0.39, 0.29) is 6.61 Å². The van der Waals surface area contributed by atoms with Gasteiger partial charge in [-0.2, -0.15) is 4.39 Å². The zero-order chi connectivity index (χ0) is 13.6. The smallest absolute Gasteiger partial charge is 0.398 e. The maximum Gasteiger partial charge on any atom is 0.515 e. The maximum atomic E-state index is 13.2. The SMILES string of the molecule is CC1(C)OB(c2nc(F)ccc2CO)OC1(C)C. The highest BCUT2D eigenvalue weighted by Crippen LogP contribution is 2.36. The quantitative estimate of drug-likeness (QED) is 0.631. The van der Waals surface area contributed by atoms with Crippen molar-refractivity contribution >= 4 is 12.7 Å². The van der Waals surface area contributed by atoms with Crippen molar-refractivity contribution < 1.29 is 18.8 Å². The van der Waals surface area contributed by atoms with E-state index in [4.69, 9.17) is 9.31 Å². The monoisotopic (exact) mass is 253 g/mol. The highest BCUT2D eigenvalue weighted by molar-refractivity contribution is 6.61. The lowest BCUT2D eigenvalue weighted by Gasteiger charge is -2.32. The van der Waals surface area contributed by atoms with E-state index in [0.29, 0.717) is 11.2 Å². The molecular formula is C12H17BFNO3. The van der Waals surface area contributed by atoms with Gasteiger partial charge in [0.2, 0.25) is 5.95 Å². The van der Waals surface area contributed by atoms with Crippen molar-refractivity contribution in [1.29, 1.82) is 0 Å². The van der Waals surface area contributed by atoms with Gasteiger partial charge >= 0.3 is 7.12 Å². The molecule has 1 aliphatic rings. The summed E-state index contributed by atoms with van der Waals surface area (Å²) < 4.78 is 24.8. The Hall–Kier alpha value is -0.975. The van der Waals surface area contributed by atoms with Crippen LogP contribution in [-0.4, -0.2) is 28.4 Å². The lowest BCUT2D eigenvalue weighted by molar-refractivity contribution is 0.00578. The minimum Gasteiger partial charge on any atom is -0.398 e.